The van der Waals surface area contributed by atoms with Gasteiger partial charge in [-0.2, -0.15) is 0 Å². The van der Waals surface area contributed by atoms with Gasteiger partial charge in [-0.25, -0.2) is 9.78 Å². The zero-order valence-corrected chi connectivity index (χ0v) is 17.6. The molecule has 5 rings (SSSR count). The molecule has 1 saturated carbocycles. The van der Waals surface area contributed by atoms with Gasteiger partial charge in [0.05, 0.1) is 11.0 Å². The van der Waals surface area contributed by atoms with Crippen LogP contribution in [0, 0.1) is 0 Å². The molecule has 1 unspecified atom stereocenters. The summed E-state index contributed by atoms with van der Waals surface area (Å²) < 4.78 is 5.68. The highest BCUT2D eigenvalue weighted by atomic mass is 16.5. The Morgan fingerprint density at radius 3 is 2.81 bits per heavy atom. The number of carbonyl (C=O) groups is 3. The van der Waals surface area contributed by atoms with Crippen molar-refractivity contribution in [3.8, 4) is 0 Å². The Hall–Kier alpha value is -2.94. The molecular formula is C22H27N5O4. The number of rotatable bonds is 4. The number of H-pyrrole nitrogens is 1. The van der Waals surface area contributed by atoms with E-state index in [4.69, 9.17) is 4.74 Å². The molecule has 1 aliphatic carbocycles. The van der Waals surface area contributed by atoms with E-state index in [1.54, 1.807) is 19.2 Å². The lowest BCUT2D eigenvalue weighted by Gasteiger charge is -2.35. The number of imide groups is 1. The first-order valence-corrected chi connectivity index (χ1v) is 11.0. The molecule has 1 atom stereocenters. The maximum Gasteiger partial charge on any atom is 0.327 e. The molecule has 0 radical (unpaired) electrons. The van der Waals surface area contributed by atoms with Crippen molar-refractivity contribution in [2.75, 3.05) is 25.5 Å². The van der Waals surface area contributed by atoms with Crippen LogP contribution >= 0.6 is 0 Å². The topological polar surface area (TPSA) is 108 Å². The maximum absolute atomic E-state index is 13.1. The van der Waals surface area contributed by atoms with Crippen LogP contribution in [0.2, 0.25) is 0 Å². The Morgan fingerprint density at radius 2 is 2.06 bits per heavy atom. The average Bonchev–Trinajstić information content (AvgIpc) is 3.48. The molecule has 2 saturated heterocycles. The summed E-state index contributed by atoms with van der Waals surface area (Å²) in [5.41, 5.74) is 1.41. The first-order chi connectivity index (χ1) is 15.0. The van der Waals surface area contributed by atoms with E-state index >= 15 is 0 Å². The highest BCUT2D eigenvalue weighted by Gasteiger charge is 2.55. The van der Waals surface area contributed by atoms with Crippen molar-refractivity contribution in [2.24, 2.45) is 0 Å². The van der Waals surface area contributed by atoms with E-state index in [9.17, 15) is 14.4 Å². The van der Waals surface area contributed by atoms with Gasteiger partial charge in [0.25, 0.3) is 5.91 Å². The van der Waals surface area contributed by atoms with Crippen LogP contribution in [0.1, 0.15) is 56.9 Å². The van der Waals surface area contributed by atoms with Crippen molar-refractivity contribution in [2.45, 2.75) is 56.6 Å². The maximum atomic E-state index is 13.1. The average molecular weight is 425 g/mol. The van der Waals surface area contributed by atoms with Crippen LogP contribution in [0.5, 0.6) is 0 Å². The van der Waals surface area contributed by atoms with E-state index in [1.165, 1.54) is 4.90 Å². The fraction of sp³-hybridized carbons (Fsp3) is 0.545. The van der Waals surface area contributed by atoms with Crippen molar-refractivity contribution in [3.05, 3.63) is 24.0 Å². The van der Waals surface area contributed by atoms with Gasteiger partial charge >= 0.3 is 6.03 Å². The zero-order chi connectivity index (χ0) is 21.6. The molecule has 1 spiro atoms. The van der Waals surface area contributed by atoms with E-state index in [0.29, 0.717) is 18.5 Å². The van der Waals surface area contributed by atoms with Gasteiger partial charge in [-0.15, -0.1) is 0 Å². The molecular weight excluding hydrogens is 398 g/mol. The Bertz CT molecular complexity index is 1040. The quantitative estimate of drug-likeness (QED) is 0.733. The minimum atomic E-state index is -0.775. The fourth-order valence-corrected chi connectivity index (χ4v) is 5.07. The van der Waals surface area contributed by atoms with Crippen molar-refractivity contribution < 1.29 is 19.1 Å². The molecule has 3 aliphatic rings. The second-order valence-corrected chi connectivity index (χ2v) is 8.73. The number of urea groups is 1. The van der Waals surface area contributed by atoms with Crippen molar-refractivity contribution >= 4 is 34.6 Å². The molecule has 2 aliphatic heterocycles. The van der Waals surface area contributed by atoms with Crippen LogP contribution < -0.4 is 5.32 Å². The molecule has 9 nitrogen and oxygen atoms in total. The van der Waals surface area contributed by atoms with Gasteiger partial charge in [0, 0.05) is 19.3 Å². The van der Waals surface area contributed by atoms with Gasteiger partial charge in [0.2, 0.25) is 5.91 Å². The third kappa shape index (κ3) is 3.37. The second kappa shape index (κ2) is 7.64. The van der Waals surface area contributed by atoms with Crippen molar-refractivity contribution in [1.82, 2.24) is 19.8 Å². The second-order valence-electron chi connectivity index (χ2n) is 8.73. The number of nitrogens with zero attached hydrogens (tertiary/aromatic N) is 3. The molecule has 0 bridgehead atoms. The fourth-order valence-electron chi connectivity index (χ4n) is 5.07. The number of aromatic amines is 1. The summed E-state index contributed by atoms with van der Waals surface area (Å²) in [6.07, 6.45) is 6.18. The number of hydrogen-bond donors (Lipinski definition) is 2. The van der Waals surface area contributed by atoms with Gasteiger partial charge in [0.1, 0.15) is 24.0 Å². The van der Waals surface area contributed by atoms with Crippen molar-refractivity contribution in [1.29, 1.82) is 0 Å². The number of carbonyl (C=O) groups excluding carboxylic acids is 3. The van der Waals surface area contributed by atoms with Gasteiger partial charge in [-0.3, -0.25) is 14.5 Å². The van der Waals surface area contributed by atoms with E-state index < -0.39 is 17.5 Å². The molecule has 4 amide bonds. The monoisotopic (exact) mass is 425 g/mol. The Balaban J connectivity index is 1.28. The number of ether oxygens (including phenoxy) is 1. The predicted octanol–water partition coefficient (Wildman–Crippen LogP) is 2.95. The molecule has 1 aromatic heterocycles. The number of anilines is 1. The number of nitrogens with one attached hydrogen (secondary N) is 2. The Morgan fingerprint density at radius 1 is 1.26 bits per heavy atom. The van der Waals surface area contributed by atoms with E-state index in [-0.39, 0.29) is 18.6 Å². The normalized spacial score (nSPS) is 23.3. The summed E-state index contributed by atoms with van der Waals surface area (Å²) >= 11 is 0. The third-order valence-electron chi connectivity index (χ3n) is 6.80. The Kier molecular flexibility index (Phi) is 4.92. The third-order valence-corrected chi connectivity index (χ3v) is 6.80. The smallest absolute Gasteiger partial charge is 0.327 e. The summed E-state index contributed by atoms with van der Waals surface area (Å²) in [7, 11) is 1.67. The first-order valence-electron chi connectivity index (χ1n) is 11.0. The molecule has 2 aromatic rings. The lowest BCUT2D eigenvalue weighted by molar-refractivity contribution is -0.136. The number of imidazole rings is 1. The summed E-state index contributed by atoms with van der Waals surface area (Å²) in [5.74, 6) is 0.145. The minimum Gasteiger partial charge on any atom is -0.370 e. The highest BCUT2D eigenvalue weighted by Crippen LogP contribution is 2.39. The number of likely N-dealkylation sites (N-methyl/N-ethyl adjacent to an activating group) is 1. The molecule has 3 heterocycles. The van der Waals surface area contributed by atoms with E-state index in [1.807, 2.05) is 6.07 Å². The first kappa shape index (κ1) is 20.0. The number of aromatic nitrogens is 2. The highest BCUT2D eigenvalue weighted by molar-refractivity contribution is 6.10. The number of benzene rings is 1. The Labute approximate surface area is 180 Å². The number of hydrogen-bond acceptors (Lipinski definition) is 5. The van der Waals surface area contributed by atoms with Crippen molar-refractivity contribution in [3.63, 3.8) is 0 Å². The molecule has 164 valence electrons. The van der Waals surface area contributed by atoms with Crippen LogP contribution in [-0.2, 0) is 14.3 Å². The minimum absolute atomic E-state index is 0.0123. The van der Waals surface area contributed by atoms with Gasteiger partial charge in [0.15, 0.2) is 0 Å². The number of fused-ring (bicyclic) bond motifs is 1. The lowest BCUT2D eigenvalue weighted by atomic mass is 9.81. The molecule has 9 heteroatoms. The molecule has 31 heavy (non-hydrogen) atoms. The number of amides is 4. The summed E-state index contributed by atoms with van der Waals surface area (Å²) in [5, 5.41) is 2.80. The standard InChI is InChI=1S/C22H27N5O4/c1-26-21(30)27(20(29)22(26)9-3-2-4-10-22)13-18(28)23-14-7-8-15-16(12-14)25-19(24-15)17-6-5-11-31-17/h7-8,12,17H,2-6,9-11,13H2,1H3,(H,23,28)(H,24,25). The zero-order valence-electron chi connectivity index (χ0n) is 17.6. The van der Waals surface area contributed by atoms with Crippen LogP contribution in [0.4, 0.5) is 10.5 Å². The largest absolute Gasteiger partial charge is 0.370 e. The van der Waals surface area contributed by atoms with Gasteiger partial charge in [-0.1, -0.05) is 19.3 Å². The summed E-state index contributed by atoms with van der Waals surface area (Å²) in [4.78, 5) is 48.9. The van der Waals surface area contributed by atoms with Gasteiger partial charge < -0.3 is 19.9 Å². The summed E-state index contributed by atoms with van der Waals surface area (Å²) in [6.45, 7) is 0.458. The predicted molar refractivity (Wildman–Crippen MR) is 113 cm³/mol. The SMILES string of the molecule is CN1C(=O)N(CC(=O)Nc2ccc3nc(C4CCCO4)[nH]c3c2)C(=O)C12CCCCC2. The molecule has 3 fully saturated rings. The van der Waals surface area contributed by atoms with Crippen LogP contribution in [-0.4, -0.2) is 63.4 Å². The van der Waals surface area contributed by atoms with E-state index in [2.05, 4.69) is 15.3 Å². The van der Waals surface area contributed by atoms with E-state index in [0.717, 1.165) is 60.5 Å². The molecule has 2 N–H and O–H groups in total. The lowest BCUT2D eigenvalue weighted by Crippen LogP contribution is -2.49. The van der Waals surface area contributed by atoms with Crippen LogP contribution in [0.3, 0.4) is 0 Å². The van der Waals surface area contributed by atoms with Crippen LogP contribution in [0.25, 0.3) is 11.0 Å². The van der Waals surface area contributed by atoms with Crippen LogP contribution in [0.15, 0.2) is 18.2 Å². The summed E-state index contributed by atoms with van der Waals surface area (Å²) in [6, 6.07) is 5.01. The molecule has 1 aromatic carbocycles. The van der Waals surface area contributed by atoms with Gasteiger partial charge in [-0.05, 0) is 43.9 Å².